The maximum atomic E-state index is 12.9. The predicted molar refractivity (Wildman–Crippen MR) is 90.0 cm³/mol. The summed E-state index contributed by atoms with van der Waals surface area (Å²) in [6, 6.07) is 14.6. The van der Waals surface area contributed by atoms with Crippen molar-refractivity contribution in [1.29, 1.82) is 0 Å². The van der Waals surface area contributed by atoms with Crippen LogP contribution in [0.1, 0.15) is 46.3 Å². The molecule has 1 amide bonds. The molecule has 1 atom stereocenters. The summed E-state index contributed by atoms with van der Waals surface area (Å²) in [6.07, 6.45) is 2.64. The van der Waals surface area contributed by atoms with Gasteiger partial charge in [0, 0.05) is 12.1 Å². The largest absolute Gasteiger partial charge is 0.477 e. The molecule has 0 bridgehead atoms. The van der Waals surface area contributed by atoms with E-state index in [1.54, 1.807) is 12.1 Å². The van der Waals surface area contributed by atoms with Gasteiger partial charge in [-0.2, -0.15) is 0 Å². The Kier molecular flexibility index (Phi) is 4.34. The Bertz CT molecular complexity index is 760. The minimum atomic E-state index is -1.13. The molecule has 1 aliphatic heterocycles. The van der Waals surface area contributed by atoms with Crippen molar-refractivity contribution >= 4 is 11.9 Å². The van der Waals surface area contributed by atoms with Gasteiger partial charge in [0.05, 0.1) is 0 Å². The standard InChI is InChI=1S/C19H20N2O3/c1-19(13-14-7-3-2-4-8-14)11-6-12-21(19)17(22)15-9-5-10-16(20-15)18(23)24/h2-5,7-10H,6,11-13H2,1H3,(H,23,24). The number of aromatic carboxylic acids is 1. The number of amides is 1. The van der Waals surface area contributed by atoms with E-state index in [1.165, 1.54) is 11.6 Å². The maximum Gasteiger partial charge on any atom is 0.354 e. The second-order valence-corrected chi connectivity index (χ2v) is 6.43. The summed E-state index contributed by atoms with van der Waals surface area (Å²) in [4.78, 5) is 29.8. The third-order valence-electron chi connectivity index (χ3n) is 4.61. The Morgan fingerprint density at radius 3 is 2.54 bits per heavy atom. The van der Waals surface area contributed by atoms with E-state index in [4.69, 9.17) is 5.11 Å². The SMILES string of the molecule is CC1(Cc2ccccc2)CCCN1C(=O)c1cccc(C(=O)O)n1. The van der Waals surface area contributed by atoms with Crippen LogP contribution in [-0.2, 0) is 6.42 Å². The highest BCUT2D eigenvalue weighted by atomic mass is 16.4. The Hall–Kier alpha value is -2.69. The van der Waals surface area contributed by atoms with Crippen molar-refractivity contribution in [3.63, 3.8) is 0 Å². The predicted octanol–water partition coefficient (Wildman–Crippen LogP) is 3.02. The molecule has 1 aliphatic rings. The van der Waals surface area contributed by atoms with Crippen LogP contribution in [0.4, 0.5) is 0 Å². The van der Waals surface area contributed by atoms with Crippen molar-refractivity contribution in [2.75, 3.05) is 6.54 Å². The first-order valence-electron chi connectivity index (χ1n) is 8.06. The molecule has 1 fully saturated rings. The van der Waals surface area contributed by atoms with Crippen molar-refractivity contribution in [3.8, 4) is 0 Å². The molecule has 0 aliphatic carbocycles. The summed E-state index contributed by atoms with van der Waals surface area (Å²) in [5.41, 5.74) is 0.993. The van der Waals surface area contributed by atoms with E-state index in [0.717, 1.165) is 19.3 Å². The third kappa shape index (κ3) is 3.15. The van der Waals surface area contributed by atoms with Crippen LogP contribution in [-0.4, -0.2) is 39.0 Å². The summed E-state index contributed by atoms with van der Waals surface area (Å²) in [7, 11) is 0. The number of hydrogen-bond acceptors (Lipinski definition) is 3. The van der Waals surface area contributed by atoms with Crippen LogP contribution in [0.25, 0.3) is 0 Å². The number of nitrogens with zero attached hydrogens (tertiary/aromatic N) is 2. The average molecular weight is 324 g/mol. The first-order chi connectivity index (χ1) is 11.5. The number of rotatable bonds is 4. The van der Waals surface area contributed by atoms with Gasteiger partial charge in [-0.3, -0.25) is 4.79 Å². The molecule has 1 aromatic heterocycles. The lowest BCUT2D eigenvalue weighted by Gasteiger charge is -2.35. The van der Waals surface area contributed by atoms with Crippen molar-refractivity contribution in [1.82, 2.24) is 9.88 Å². The number of hydrogen-bond donors (Lipinski definition) is 1. The van der Waals surface area contributed by atoms with Crippen molar-refractivity contribution < 1.29 is 14.7 Å². The maximum absolute atomic E-state index is 12.9. The molecule has 0 radical (unpaired) electrons. The fraction of sp³-hybridized carbons (Fsp3) is 0.316. The third-order valence-corrected chi connectivity index (χ3v) is 4.61. The van der Waals surface area contributed by atoms with Gasteiger partial charge >= 0.3 is 5.97 Å². The number of carbonyl (C=O) groups excluding carboxylic acids is 1. The van der Waals surface area contributed by atoms with Crippen LogP contribution < -0.4 is 0 Å². The summed E-state index contributed by atoms with van der Waals surface area (Å²) in [6.45, 7) is 2.76. The fourth-order valence-corrected chi connectivity index (χ4v) is 3.40. The molecule has 5 heteroatoms. The topological polar surface area (TPSA) is 70.5 Å². The molecular formula is C19H20N2O3. The second kappa shape index (κ2) is 6.43. The van der Waals surface area contributed by atoms with Gasteiger partial charge < -0.3 is 10.0 Å². The van der Waals surface area contributed by atoms with Gasteiger partial charge in [0.2, 0.25) is 0 Å². The van der Waals surface area contributed by atoms with Crippen LogP contribution in [0, 0.1) is 0 Å². The molecule has 1 aromatic carbocycles. The number of likely N-dealkylation sites (tertiary alicyclic amines) is 1. The molecule has 0 saturated carbocycles. The Morgan fingerprint density at radius 1 is 1.12 bits per heavy atom. The molecule has 124 valence electrons. The van der Waals surface area contributed by atoms with Crippen molar-refractivity contribution in [2.45, 2.75) is 31.7 Å². The summed E-state index contributed by atoms with van der Waals surface area (Å²) in [5.74, 6) is -1.33. The van der Waals surface area contributed by atoms with Crippen LogP contribution in [0.3, 0.4) is 0 Å². The van der Waals surface area contributed by atoms with E-state index < -0.39 is 5.97 Å². The second-order valence-electron chi connectivity index (χ2n) is 6.43. The van der Waals surface area contributed by atoms with E-state index in [0.29, 0.717) is 6.54 Å². The highest BCUT2D eigenvalue weighted by Gasteiger charge is 2.40. The summed E-state index contributed by atoms with van der Waals surface area (Å²) >= 11 is 0. The van der Waals surface area contributed by atoms with Crippen molar-refractivity contribution in [3.05, 3.63) is 65.5 Å². The van der Waals surface area contributed by atoms with E-state index in [2.05, 4.69) is 24.0 Å². The van der Waals surface area contributed by atoms with Gasteiger partial charge in [-0.25, -0.2) is 9.78 Å². The molecule has 2 heterocycles. The van der Waals surface area contributed by atoms with Crippen LogP contribution in [0.15, 0.2) is 48.5 Å². The monoisotopic (exact) mass is 324 g/mol. The smallest absolute Gasteiger partial charge is 0.354 e. The molecule has 0 spiro atoms. The molecule has 1 saturated heterocycles. The average Bonchev–Trinajstić information content (AvgIpc) is 2.96. The Labute approximate surface area is 140 Å². The zero-order valence-electron chi connectivity index (χ0n) is 13.6. The molecule has 1 unspecified atom stereocenters. The quantitative estimate of drug-likeness (QED) is 0.938. The molecule has 1 N–H and O–H groups in total. The van der Waals surface area contributed by atoms with Crippen molar-refractivity contribution in [2.24, 2.45) is 0 Å². The number of carbonyl (C=O) groups is 2. The van der Waals surface area contributed by atoms with Gasteiger partial charge in [-0.1, -0.05) is 36.4 Å². The van der Waals surface area contributed by atoms with Gasteiger partial charge in [0.25, 0.3) is 5.91 Å². The number of benzene rings is 1. The molecule has 5 nitrogen and oxygen atoms in total. The molecule has 24 heavy (non-hydrogen) atoms. The lowest BCUT2D eigenvalue weighted by molar-refractivity contribution is 0.0618. The minimum Gasteiger partial charge on any atom is -0.477 e. The van der Waals surface area contributed by atoms with Crippen LogP contribution >= 0.6 is 0 Å². The first kappa shape index (κ1) is 16.2. The molecule has 3 rings (SSSR count). The van der Waals surface area contributed by atoms with Gasteiger partial charge in [-0.05, 0) is 43.9 Å². The lowest BCUT2D eigenvalue weighted by atomic mass is 9.90. The van der Waals surface area contributed by atoms with Gasteiger partial charge in [0.15, 0.2) is 0 Å². The number of aromatic nitrogens is 1. The fourth-order valence-electron chi connectivity index (χ4n) is 3.40. The van der Waals surface area contributed by atoms with Gasteiger partial charge in [0.1, 0.15) is 11.4 Å². The Morgan fingerprint density at radius 2 is 1.83 bits per heavy atom. The summed E-state index contributed by atoms with van der Waals surface area (Å²) < 4.78 is 0. The first-order valence-corrected chi connectivity index (χ1v) is 8.06. The number of carboxylic acid groups (broad SMARTS) is 1. The van der Waals surface area contributed by atoms with Crippen LogP contribution in [0.5, 0.6) is 0 Å². The van der Waals surface area contributed by atoms with E-state index >= 15 is 0 Å². The molecule has 2 aromatic rings. The number of pyridine rings is 1. The normalized spacial score (nSPS) is 20.1. The summed E-state index contributed by atoms with van der Waals surface area (Å²) in [5, 5.41) is 9.07. The van der Waals surface area contributed by atoms with Crippen LogP contribution in [0.2, 0.25) is 0 Å². The molecular weight excluding hydrogens is 304 g/mol. The number of carboxylic acids is 1. The van der Waals surface area contributed by atoms with E-state index in [1.807, 2.05) is 23.1 Å². The highest BCUT2D eigenvalue weighted by Crippen LogP contribution is 2.33. The van der Waals surface area contributed by atoms with Gasteiger partial charge in [-0.15, -0.1) is 0 Å². The van der Waals surface area contributed by atoms with E-state index in [-0.39, 0.29) is 22.8 Å². The minimum absolute atomic E-state index is 0.107. The Balaban J connectivity index is 1.85. The lowest BCUT2D eigenvalue weighted by Crippen LogP contribution is -2.47. The zero-order valence-corrected chi connectivity index (χ0v) is 13.6. The van der Waals surface area contributed by atoms with E-state index in [9.17, 15) is 9.59 Å². The zero-order chi connectivity index (χ0) is 17.2. The highest BCUT2D eigenvalue weighted by molar-refractivity contribution is 5.94.